The molecule has 0 bridgehead atoms. The van der Waals surface area contributed by atoms with E-state index in [9.17, 15) is 9.59 Å². The highest BCUT2D eigenvalue weighted by Crippen LogP contribution is 2.17. The number of hydrogen-bond acceptors (Lipinski definition) is 3. The molecule has 2 amide bonds. The van der Waals surface area contributed by atoms with Crippen molar-refractivity contribution in [3.05, 3.63) is 29.3 Å². The molecule has 0 saturated carbocycles. The van der Waals surface area contributed by atoms with Crippen LogP contribution >= 0.6 is 0 Å². The van der Waals surface area contributed by atoms with Gasteiger partial charge in [-0.2, -0.15) is 0 Å². The van der Waals surface area contributed by atoms with Crippen LogP contribution in [0.4, 0.5) is 5.69 Å². The molecule has 1 aromatic rings. The van der Waals surface area contributed by atoms with Gasteiger partial charge in [-0.15, -0.1) is 0 Å². The zero-order chi connectivity index (χ0) is 16.7. The molecule has 122 valence electrons. The molecular weight excluding hydrogens is 278 g/mol. The summed E-state index contributed by atoms with van der Waals surface area (Å²) in [4.78, 5) is 23.9. The van der Waals surface area contributed by atoms with E-state index in [1.54, 1.807) is 18.2 Å². The first-order chi connectivity index (χ1) is 10.3. The summed E-state index contributed by atoms with van der Waals surface area (Å²) in [7, 11) is 0. The van der Waals surface area contributed by atoms with Crippen LogP contribution in [0.15, 0.2) is 18.2 Å². The summed E-state index contributed by atoms with van der Waals surface area (Å²) in [5.41, 5.74) is 7.92. The summed E-state index contributed by atoms with van der Waals surface area (Å²) in [5.74, 6) is 0.114. The van der Waals surface area contributed by atoms with E-state index >= 15 is 0 Å². The molecule has 0 saturated heterocycles. The lowest BCUT2D eigenvalue weighted by Gasteiger charge is -2.14. The first-order valence-electron chi connectivity index (χ1n) is 7.80. The van der Waals surface area contributed by atoms with Crippen molar-refractivity contribution in [2.24, 2.45) is 11.7 Å². The second kappa shape index (κ2) is 8.54. The average Bonchev–Trinajstić information content (AvgIpc) is 2.46. The van der Waals surface area contributed by atoms with E-state index in [2.05, 4.69) is 10.6 Å². The van der Waals surface area contributed by atoms with Gasteiger partial charge in [0.05, 0.1) is 6.04 Å². The molecule has 0 fully saturated rings. The van der Waals surface area contributed by atoms with E-state index in [1.807, 2.05) is 27.7 Å². The van der Waals surface area contributed by atoms with Gasteiger partial charge in [-0.1, -0.05) is 27.2 Å². The maximum absolute atomic E-state index is 12.0. The fraction of sp³-hybridized carbons (Fsp3) is 0.529. The first-order valence-corrected chi connectivity index (χ1v) is 7.80. The summed E-state index contributed by atoms with van der Waals surface area (Å²) < 4.78 is 0. The molecule has 1 rings (SSSR count). The third kappa shape index (κ3) is 5.48. The molecule has 22 heavy (non-hydrogen) atoms. The maximum Gasteiger partial charge on any atom is 0.251 e. The SMILES string of the molecule is CCCC(N)C(=O)Nc1ccc(C(=O)NCC(C)C)cc1C. The number of carbonyl (C=O) groups excluding carboxylic acids is 2. The van der Waals surface area contributed by atoms with Crippen LogP contribution < -0.4 is 16.4 Å². The van der Waals surface area contributed by atoms with Gasteiger partial charge in [-0.3, -0.25) is 9.59 Å². The Bertz CT molecular complexity index is 527. The maximum atomic E-state index is 12.0. The zero-order valence-electron chi connectivity index (χ0n) is 13.9. The quantitative estimate of drug-likeness (QED) is 0.723. The Morgan fingerprint density at radius 3 is 2.50 bits per heavy atom. The molecule has 4 N–H and O–H groups in total. The van der Waals surface area contributed by atoms with Crippen LogP contribution in [0.2, 0.25) is 0 Å². The van der Waals surface area contributed by atoms with Crippen LogP contribution in [0.1, 0.15) is 49.5 Å². The monoisotopic (exact) mass is 305 g/mol. The van der Waals surface area contributed by atoms with Crippen LogP contribution in [0, 0.1) is 12.8 Å². The number of benzene rings is 1. The van der Waals surface area contributed by atoms with Gasteiger partial charge in [0.2, 0.25) is 5.91 Å². The van der Waals surface area contributed by atoms with Gasteiger partial charge in [0.1, 0.15) is 0 Å². The van der Waals surface area contributed by atoms with Crippen molar-refractivity contribution in [1.29, 1.82) is 0 Å². The summed E-state index contributed by atoms with van der Waals surface area (Å²) in [6.45, 7) is 8.58. The molecule has 1 atom stereocenters. The largest absolute Gasteiger partial charge is 0.352 e. The molecular formula is C17H27N3O2. The highest BCUT2D eigenvalue weighted by Gasteiger charge is 2.14. The second-order valence-corrected chi connectivity index (χ2v) is 6.02. The first kappa shape index (κ1) is 18.2. The van der Waals surface area contributed by atoms with Crippen LogP contribution in [0.25, 0.3) is 0 Å². The Morgan fingerprint density at radius 1 is 1.27 bits per heavy atom. The smallest absolute Gasteiger partial charge is 0.251 e. The molecule has 0 aliphatic carbocycles. The third-order valence-corrected chi connectivity index (χ3v) is 3.35. The third-order valence-electron chi connectivity index (χ3n) is 3.35. The van der Waals surface area contributed by atoms with E-state index in [0.717, 1.165) is 12.0 Å². The van der Waals surface area contributed by atoms with Crippen molar-refractivity contribution in [3.63, 3.8) is 0 Å². The number of amides is 2. The number of nitrogens with one attached hydrogen (secondary N) is 2. The summed E-state index contributed by atoms with van der Waals surface area (Å²) in [5, 5.41) is 5.69. The summed E-state index contributed by atoms with van der Waals surface area (Å²) in [6.07, 6.45) is 1.52. The van der Waals surface area contributed by atoms with Crippen LogP contribution in [-0.4, -0.2) is 24.4 Å². The second-order valence-electron chi connectivity index (χ2n) is 6.02. The fourth-order valence-corrected chi connectivity index (χ4v) is 2.01. The van der Waals surface area contributed by atoms with Crippen molar-refractivity contribution in [3.8, 4) is 0 Å². The molecule has 5 heteroatoms. The Morgan fingerprint density at radius 2 is 1.95 bits per heavy atom. The van der Waals surface area contributed by atoms with Crippen LogP contribution in [0.5, 0.6) is 0 Å². The van der Waals surface area contributed by atoms with Crippen molar-refractivity contribution >= 4 is 17.5 Å². The molecule has 1 aromatic carbocycles. The molecule has 0 aliphatic heterocycles. The number of anilines is 1. The molecule has 0 heterocycles. The van der Waals surface area contributed by atoms with E-state index in [4.69, 9.17) is 5.73 Å². The average molecular weight is 305 g/mol. The van der Waals surface area contributed by atoms with Crippen LogP contribution in [-0.2, 0) is 4.79 Å². The minimum absolute atomic E-state index is 0.0997. The van der Waals surface area contributed by atoms with Gasteiger partial charge in [0, 0.05) is 17.8 Å². The highest BCUT2D eigenvalue weighted by molar-refractivity contribution is 5.97. The summed E-state index contributed by atoms with van der Waals surface area (Å²) >= 11 is 0. The molecule has 0 aromatic heterocycles. The summed E-state index contributed by atoms with van der Waals surface area (Å²) in [6, 6.07) is 4.73. The standard InChI is InChI=1S/C17H27N3O2/c1-5-6-14(18)17(22)20-15-8-7-13(9-12(15)4)16(21)19-10-11(2)3/h7-9,11,14H,5-6,10,18H2,1-4H3,(H,19,21)(H,20,22). The number of rotatable bonds is 7. The van der Waals surface area contributed by atoms with Crippen molar-refractivity contribution in [2.45, 2.75) is 46.6 Å². The normalized spacial score (nSPS) is 12.1. The Kier molecular flexibility index (Phi) is 7.05. The topological polar surface area (TPSA) is 84.2 Å². The Hall–Kier alpha value is -1.88. The van der Waals surface area contributed by atoms with Gasteiger partial charge < -0.3 is 16.4 Å². The lowest BCUT2D eigenvalue weighted by molar-refractivity contribution is -0.117. The van der Waals surface area contributed by atoms with E-state index in [-0.39, 0.29) is 11.8 Å². The number of carbonyl (C=O) groups is 2. The predicted molar refractivity (Wildman–Crippen MR) is 89.9 cm³/mol. The molecule has 0 radical (unpaired) electrons. The lowest BCUT2D eigenvalue weighted by Crippen LogP contribution is -2.35. The lowest BCUT2D eigenvalue weighted by atomic mass is 10.1. The highest BCUT2D eigenvalue weighted by atomic mass is 16.2. The predicted octanol–water partition coefficient (Wildman–Crippen LogP) is 2.45. The van der Waals surface area contributed by atoms with Gasteiger partial charge >= 0.3 is 0 Å². The van der Waals surface area contributed by atoms with E-state index < -0.39 is 6.04 Å². The van der Waals surface area contributed by atoms with Gasteiger partial charge in [0.15, 0.2) is 0 Å². The Balaban J connectivity index is 2.73. The van der Waals surface area contributed by atoms with Crippen molar-refractivity contribution in [1.82, 2.24) is 5.32 Å². The fourth-order valence-electron chi connectivity index (χ4n) is 2.01. The van der Waals surface area contributed by atoms with Crippen LogP contribution in [0.3, 0.4) is 0 Å². The molecule has 5 nitrogen and oxygen atoms in total. The van der Waals surface area contributed by atoms with Gasteiger partial charge in [-0.25, -0.2) is 0 Å². The van der Waals surface area contributed by atoms with Gasteiger partial charge in [-0.05, 0) is 43.0 Å². The minimum Gasteiger partial charge on any atom is -0.352 e. The number of nitrogens with two attached hydrogens (primary N) is 1. The minimum atomic E-state index is -0.501. The Labute approximate surface area is 132 Å². The molecule has 0 aliphatic rings. The molecule has 1 unspecified atom stereocenters. The number of hydrogen-bond donors (Lipinski definition) is 3. The molecule has 0 spiro atoms. The van der Waals surface area contributed by atoms with Gasteiger partial charge in [0.25, 0.3) is 5.91 Å². The van der Waals surface area contributed by atoms with E-state index in [0.29, 0.717) is 30.1 Å². The van der Waals surface area contributed by atoms with E-state index in [1.165, 1.54) is 0 Å². The zero-order valence-corrected chi connectivity index (χ0v) is 13.9. The van der Waals surface area contributed by atoms with Crippen molar-refractivity contribution in [2.75, 3.05) is 11.9 Å². The number of aryl methyl sites for hydroxylation is 1. The van der Waals surface area contributed by atoms with Crippen molar-refractivity contribution < 1.29 is 9.59 Å².